The largest absolute Gasteiger partial charge is 0.497 e. The second-order valence-electron chi connectivity index (χ2n) is 12.5. The van der Waals surface area contributed by atoms with E-state index >= 15 is 0 Å². The number of rotatable bonds is 8. The van der Waals surface area contributed by atoms with E-state index in [0.29, 0.717) is 17.2 Å². The Kier molecular flexibility index (Phi) is 9.53. The Morgan fingerprint density at radius 3 is 2.08 bits per heavy atom. The van der Waals surface area contributed by atoms with Crippen molar-refractivity contribution < 1.29 is 18.9 Å². The first-order valence-electron chi connectivity index (χ1n) is 17.1. The van der Waals surface area contributed by atoms with E-state index in [2.05, 4.69) is 54.8 Å². The molecule has 5 heterocycles. The van der Waals surface area contributed by atoms with Gasteiger partial charge in [0.15, 0.2) is 11.0 Å². The highest BCUT2D eigenvalue weighted by molar-refractivity contribution is 6.35. The van der Waals surface area contributed by atoms with Crippen LogP contribution >= 0.6 is 11.6 Å². The number of nitrogens with one attached hydrogen (secondary N) is 2. The van der Waals surface area contributed by atoms with Crippen molar-refractivity contribution in [3.05, 3.63) is 108 Å². The van der Waals surface area contributed by atoms with Gasteiger partial charge in [-0.15, -0.1) is 0 Å². The van der Waals surface area contributed by atoms with Gasteiger partial charge in [0.1, 0.15) is 28.3 Å². The molecule has 0 saturated carbocycles. The summed E-state index contributed by atoms with van der Waals surface area (Å²) in [6.45, 7) is 4.06. The van der Waals surface area contributed by atoms with Crippen LogP contribution in [-0.2, 0) is 11.3 Å². The fraction of sp³-hybridized carbons (Fsp3) is 0.200. The zero-order valence-corrected chi connectivity index (χ0v) is 30.2. The number of halogens is 1. The van der Waals surface area contributed by atoms with Crippen molar-refractivity contribution in [1.29, 1.82) is 0 Å². The number of nitrogens with zero attached hydrogens (tertiary/aromatic N) is 6. The number of morpholine rings is 1. The van der Waals surface area contributed by atoms with Crippen LogP contribution in [0.3, 0.4) is 0 Å². The Morgan fingerprint density at radius 1 is 0.755 bits per heavy atom. The van der Waals surface area contributed by atoms with E-state index in [1.165, 1.54) is 5.69 Å². The van der Waals surface area contributed by atoms with Gasteiger partial charge in [0.2, 0.25) is 0 Å². The Labute approximate surface area is 310 Å². The minimum atomic E-state index is 0.393. The maximum absolute atomic E-state index is 6.34. The van der Waals surface area contributed by atoms with Gasteiger partial charge in [0, 0.05) is 64.3 Å². The third-order valence-electron chi connectivity index (χ3n) is 9.28. The fourth-order valence-electron chi connectivity index (χ4n) is 6.50. The summed E-state index contributed by atoms with van der Waals surface area (Å²) in [6.07, 6.45) is 3.83. The van der Waals surface area contributed by atoms with Crippen LogP contribution in [0.1, 0.15) is 5.56 Å². The van der Waals surface area contributed by atoms with E-state index in [1.807, 2.05) is 77.7 Å². The van der Waals surface area contributed by atoms with E-state index < -0.39 is 0 Å². The molecule has 0 spiro atoms. The summed E-state index contributed by atoms with van der Waals surface area (Å²) in [6, 6.07) is 28.0. The average Bonchev–Trinajstić information content (AvgIpc) is 3.88. The maximum atomic E-state index is 6.34. The van der Waals surface area contributed by atoms with E-state index in [4.69, 9.17) is 35.5 Å². The summed E-state index contributed by atoms with van der Waals surface area (Å²) in [5.74, 6) is 3.11. The predicted molar refractivity (Wildman–Crippen MR) is 209 cm³/mol. The smallest absolute Gasteiger partial charge is 0.157 e. The lowest BCUT2D eigenvalue weighted by molar-refractivity contribution is 0.122. The molecular formula is C40H37ClN8O4. The molecular weight excluding hydrogens is 692 g/mol. The van der Waals surface area contributed by atoms with Gasteiger partial charge in [-0.05, 0) is 66.2 Å². The van der Waals surface area contributed by atoms with Crippen LogP contribution in [0.25, 0.3) is 43.6 Å². The first kappa shape index (κ1) is 34.0. The van der Waals surface area contributed by atoms with Gasteiger partial charge in [-0.2, -0.15) is 10.2 Å². The standard InChI is InChI=1S/C21H21N5O2.C19H16ClN3O2/c1-27-16-6-7-17-18-13-22-25-20(18)21(24-19(17)12-16)23-14-2-4-15(5-3-14)26-8-10-28-11-9-26;1-24-13-5-3-12(4-6-13)10-23-11-16-15-8-7-14(25-2)9-17(15)21-19(20)18(16)22-23/h2-7,12-13H,8-11H2,1H3,(H,22,25)(H,23,24);3-9,11H,10H2,1-2H3. The first-order chi connectivity index (χ1) is 26.0. The molecule has 0 unspecified atom stereocenters. The number of aromatic nitrogens is 6. The molecule has 1 aliphatic rings. The Balaban J connectivity index is 0.000000152. The van der Waals surface area contributed by atoms with Crippen molar-refractivity contribution in [3.8, 4) is 17.2 Å². The van der Waals surface area contributed by atoms with Gasteiger partial charge in [-0.1, -0.05) is 23.7 Å². The molecule has 2 N–H and O–H groups in total. The highest BCUT2D eigenvalue weighted by Crippen LogP contribution is 2.33. The van der Waals surface area contributed by atoms with Gasteiger partial charge in [-0.25, -0.2) is 9.97 Å². The average molecular weight is 729 g/mol. The molecule has 0 radical (unpaired) electrons. The summed E-state index contributed by atoms with van der Waals surface area (Å²) in [4.78, 5) is 11.6. The van der Waals surface area contributed by atoms with Crippen LogP contribution < -0.4 is 24.4 Å². The van der Waals surface area contributed by atoms with Gasteiger partial charge < -0.3 is 29.2 Å². The van der Waals surface area contributed by atoms with Gasteiger partial charge in [-0.3, -0.25) is 9.78 Å². The number of benzene rings is 4. The summed E-state index contributed by atoms with van der Waals surface area (Å²) in [7, 11) is 4.95. The number of pyridine rings is 2. The lowest BCUT2D eigenvalue weighted by Gasteiger charge is -2.28. The van der Waals surface area contributed by atoms with Crippen LogP contribution in [0.2, 0.25) is 5.15 Å². The van der Waals surface area contributed by atoms with Crippen molar-refractivity contribution in [3.63, 3.8) is 0 Å². The minimum absolute atomic E-state index is 0.393. The number of fused-ring (bicyclic) bond motifs is 6. The van der Waals surface area contributed by atoms with Crippen LogP contribution in [0.4, 0.5) is 17.2 Å². The van der Waals surface area contributed by atoms with Crippen LogP contribution in [0, 0.1) is 0 Å². The number of anilines is 3. The first-order valence-corrected chi connectivity index (χ1v) is 17.5. The summed E-state index contributed by atoms with van der Waals surface area (Å²) < 4.78 is 23.1. The monoisotopic (exact) mass is 728 g/mol. The fourth-order valence-corrected chi connectivity index (χ4v) is 6.73. The molecule has 0 atom stereocenters. The van der Waals surface area contributed by atoms with E-state index in [9.17, 15) is 0 Å². The Hall–Kier alpha value is -6.11. The zero-order chi connectivity index (χ0) is 36.3. The minimum Gasteiger partial charge on any atom is -0.497 e. The lowest BCUT2D eigenvalue weighted by Crippen LogP contribution is -2.36. The number of aromatic amines is 1. The van der Waals surface area contributed by atoms with Crippen molar-refractivity contribution in [1.82, 2.24) is 29.9 Å². The quantitative estimate of drug-likeness (QED) is 0.149. The van der Waals surface area contributed by atoms with Crippen molar-refractivity contribution in [2.24, 2.45) is 0 Å². The molecule has 4 aromatic heterocycles. The molecule has 1 fully saturated rings. The van der Waals surface area contributed by atoms with E-state index in [-0.39, 0.29) is 0 Å². The predicted octanol–water partition coefficient (Wildman–Crippen LogP) is 8.00. The second kappa shape index (κ2) is 14.9. The maximum Gasteiger partial charge on any atom is 0.157 e. The normalized spacial score (nSPS) is 12.9. The lowest BCUT2D eigenvalue weighted by atomic mass is 10.1. The molecule has 8 aromatic rings. The molecule has 268 valence electrons. The van der Waals surface area contributed by atoms with Crippen LogP contribution in [-0.4, -0.2) is 77.6 Å². The Bertz CT molecular complexity index is 2530. The summed E-state index contributed by atoms with van der Waals surface area (Å²) >= 11 is 6.34. The van der Waals surface area contributed by atoms with Crippen molar-refractivity contribution >= 4 is 72.4 Å². The molecule has 12 nitrogen and oxygen atoms in total. The van der Waals surface area contributed by atoms with Crippen LogP contribution in [0.15, 0.2) is 97.3 Å². The van der Waals surface area contributed by atoms with Crippen molar-refractivity contribution in [2.75, 3.05) is 57.8 Å². The number of methoxy groups -OCH3 is 3. The molecule has 1 aliphatic heterocycles. The van der Waals surface area contributed by atoms with Crippen LogP contribution in [0.5, 0.6) is 17.2 Å². The molecule has 0 bridgehead atoms. The SMILES string of the molecule is COc1ccc(Cn2cc3c(n2)c(Cl)nc2cc(OC)ccc23)cc1.COc1ccc2c(c1)nc(Nc1ccc(N3CCOCC3)cc1)c1[nH]ncc12. The summed E-state index contributed by atoms with van der Waals surface area (Å²) in [5, 5.41) is 19.7. The molecule has 9 rings (SSSR count). The number of hydrogen-bond donors (Lipinski definition) is 2. The third kappa shape index (κ3) is 7.06. The third-order valence-corrected chi connectivity index (χ3v) is 9.55. The number of ether oxygens (including phenoxy) is 4. The van der Waals surface area contributed by atoms with Gasteiger partial charge in [0.25, 0.3) is 0 Å². The highest BCUT2D eigenvalue weighted by Gasteiger charge is 2.15. The molecule has 13 heteroatoms. The molecule has 1 saturated heterocycles. The molecule has 4 aromatic carbocycles. The topological polar surface area (TPSA) is 124 Å². The number of hydrogen-bond acceptors (Lipinski definition) is 10. The highest BCUT2D eigenvalue weighted by atomic mass is 35.5. The number of H-pyrrole nitrogens is 1. The van der Waals surface area contributed by atoms with Crippen molar-refractivity contribution in [2.45, 2.75) is 6.54 Å². The second-order valence-corrected chi connectivity index (χ2v) is 12.9. The molecule has 53 heavy (non-hydrogen) atoms. The Morgan fingerprint density at radius 2 is 1.40 bits per heavy atom. The van der Waals surface area contributed by atoms with Gasteiger partial charge in [0.05, 0.1) is 58.3 Å². The zero-order valence-electron chi connectivity index (χ0n) is 29.5. The molecule has 0 amide bonds. The molecule has 0 aliphatic carbocycles. The van der Waals surface area contributed by atoms with Gasteiger partial charge >= 0.3 is 0 Å². The van der Waals surface area contributed by atoms with E-state index in [0.717, 1.165) is 98.7 Å². The summed E-state index contributed by atoms with van der Waals surface area (Å²) in [5.41, 5.74) is 6.55. The van der Waals surface area contributed by atoms with E-state index in [1.54, 1.807) is 21.3 Å².